The Morgan fingerprint density at radius 3 is 2.74 bits per heavy atom. The van der Waals surface area contributed by atoms with Crippen LogP contribution in [0.15, 0.2) is 24.3 Å². The topological polar surface area (TPSA) is 73.9 Å². The third kappa shape index (κ3) is 5.54. The van der Waals surface area contributed by atoms with Crippen molar-refractivity contribution in [2.45, 2.75) is 54.8 Å². The summed E-state index contributed by atoms with van der Waals surface area (Å²) in [7, 11) is 3.69. The van der Waals surface area contributed by atoms with Crippen molar-refractivity contribution < 1.29 is 14.3 Å². The third-order valence-corrected chi connectivity index (χ3v) is 8.03. The van der Waals surface area contributed by atoms with Crippen LogP contribution in [-0.2, 0) is 15.3 Å². The number of likely N-dealkylation sites (N-methyl/N-ethyl adjacent to an activating group) is 1. The number of hydrogen-bond donors (Lipinski definition) is 2. The van der Waals surface area contributed by atoms with E-state index in [1.165, 1.54) is 5.56 Å². The summed E-state index contributed by atoms with van der Waals surface area (Å²) in [5.41, 5.74) is 1.27. The summed E-state index contributed by atoms with van der Waals surface area (Å²) in [4.78, 5) is 29.6. The molecular formula is C23H34N4O3S. The fraction of sp³-hybridized carbons (Fsp3) is 0.652. The summed E-state index contributed by atoms with van der Waals surface area (Å²) in [5.74, 6) is 2.11. The second-order valence-corrected chi connectivity index (χ2v) is 10.2. The Hall–Kier alpha value is -1.77. The molecule has 0 aliphatic carbocycles. The molecule has 7 nitrogen and oxygen atoms in total. The van der Waals surface area contributed by atoms with Gasteiger partial charge in [0.2, 0.25) is 11.8 Å². The number of nitrogens with one attached hydrogen (secondary N) is 2. The molecule has 3 heterocycles. The Morgan fingerprint density at radius 1 is 1.23 bits per heavy atom. The number of rotatable bonds is 7. The van der Waals surface area contributed by atoms with E-state index in [0.29, 0.717) is 11.8 Å². The molecule has 170 valence electrons. The van der Waals surface area contributed by atoms with Gasteiger partial charge >= 0.3 is 0 Å². The number of methoxy groups -OCH3 is 1. The van der Waals surface area contributed by atoms with Gasteiger partial charge in [-0.1, -0.05) is 12.1 Å². The van der Waals surface area contributed by atoms with Crippen LogP contribution >= 0.6 is 11.8 Å². The van der Waals surface area contributed by atoms with E-state index in [-0.39, 0.29) is 29.9 Å². The van der Waals surface area contributed by atoms with Crippen LogP contribution in [0.3, 0.4) is 0 Å². The van der Waals surface area contributed by atoms with Crippen LogP contribution in [0.4, 0.5) is 0 Å². The number of carbonyl (C=O) groups is 2. The van der Waals surface area contributed by atoms with Crippen LogP contribution in [0, 0.1) is 0 Å². The first kappa shape index (κ1) is 22.4. The van der Waals surface area contributed by atoms with Gasteiger partial charge < -0.3 is 20.3 Å². The number of hydrogen-bond acceptors (Lipinski definition) is 6. The average Bonchev–Trinajstić information content (AvgIpc) is 3.53. The summed E-state index contributed by atoms with van der Waals surface area (Å²) in [6.45, 7) is 3.20. The van der Waals surface area contributed by atoms with E-state index in [9.17, 15) is 9.59 Å². The molecule has 31 heavy (non-hydrogen) atoms. The lowest BCUT2D eigenvalue weighted by Crippen LogP contribution is -2.48. The van der Waals surface area contributed by atoms with Crippen LogP contribution in [0.5, 0.6) is 5.75 Å². The van der Waals surface area contributed by atoms with Gasteiger partial charge in [-0.2, -0.15) is 11.8 Å². The zero-order chi connectivity index (χ0) is 21.8. The highest BCUT2D eigenvalue weighted by Crippen LogP contribution is 2.27. The first-order valence-corrected chi connectivity index (χ1v) is 12.4. The first-order valence-electron chi connectivity index (χ1n) is 11.3. The van der Waals surface area contributed by atoms with E-state index in [2.05, 4.69) is 27.7 Å². The zero-order valence-corrected chi connectivity index (χ0v) is 19.3. The minimum Gasteiger partial charge on any atom is -0.497 e. The third-order valence-electron chi connectivity index (χ3n) is 6.70. The number of thioether (sulfide) groups is 1. The lowest BCUT2D eigenvalue weighted by atomic mass is 10.2. The molecule has 4 rings (SSSR count). The Kier molecular flexibility index (Phi) is 7.40. The van der Waals surface area contributed by atoms with E-state index in [0.717, 1.165) is 56.8 Å². The second-order valence-electron chi connectivity index (χ2n) is 8.89. The minimum absolute atomic E-state index is 0.00950. The zero-order valence-electron chi connectivity index (χ0n) is 18.5. The Labute approximate surface area is 189 Å². The minimum atomic E-state index is -0.108. The lowest BCUT2D eigenvalue weighted by molar-refractivity contribution is -0.132. The van der Waals surface area contributed by atoms with Gasteiger partial charge in [0.25, 0.3) is 0 Å². The fourth-order valence-corrected chi connectivity index (χ4v) is 5.95. The molecular weight excluding hydrogens is 412 g/mol. The van der Waals surface area contributed by atoms with E-state index >= 15 is 0 Å². The van der Waals surface area contributed by atoms with Crippen molar-refractivity contribution in [1.82, 2.24) is 20.4 Å². The molecule has 3 aliphatic rings. The van der Waals surface area contributed by atoms with Crippen LogP contribution in [0.25, 0.3) is 0 Å². The molecule has 0 unspecified atom stereocenters. The molecule has 0 saturated carbocycles. The molecule has 1 aromatic carbocycles. The monoisotopic (exact) mass is 446 g/mol. The predicted molar refractivity (Wildman–Crippen MR) is 123 cm³/mol. The number of amides is 2. The summed E-state index contributed by atoms with van der Waals surface area (Å²) < 4.78 is 5.21. The molecule has 0 aromatic heterocycles. The molecule has 3 saturated heterocycles. The van der Waals surface area contributed by atoms with Gasteiger partial charge in [0.1, 0.15) is 5.75 Å². The number of benzene rings is 1. The summed E-state index contributed by atoms with van der Waals surface area (Å²) in [5, 5.41) is 7.03. The molecule has 0 bridgehead atoms. The van der Waals surface area contributed by atoms with Crippen molar-refractivity contribution in [3.8, 4) is 5.75 Å². The van der Waals surface area contributed by atoms with E-state index in [1.807, 2.05) is 35.8 Å². The molecule has 1 aromatic rings. The Bertz CT molecular complexity index is 775. The van der Waals surface area contributed by atoms with Gasteiger partial charge in [0, 0.05) is 36.7 Å². The van der Waals surface area contributed by atoms with Gasteiger partial charge in [-0.25, -0.2) is 0 Å². The van der Waals surface area contributed by atoms with Crippen molar-refractivity contribution in [2.24, 2.45) is 0 Å². The normalized spacial score (nSPS) is 28.8. The molecule has 0 spiro atoms. The lowest BCUT2D eigenvalue weighted by Gasteiger charge is -2.23. The largest absolute Gasteiger partial charge is 0.497 e. The molecule has 2 N–H and O–H groups in total. The quantitative estimate of drug-likeness (QED) is 0.661. The molecule has 2 amide bonds. The van der Waals surface area contributed by atoms with Crippen LogP contribution in [0.1, 0.15) is 31.2 Å². The maximum absolute atomic E-state index is 13.0. The van der Waals surface area contributed by atoms with Crippen molar-refractivity contribution in [3.63, 3.8) is 0 Å². The summed E-state index contributed by atoms with van der Waals surface area (Å²) >= 11 is 1.90. The molecule has 3 fully saturated rings. The highest BCUT2D eigenvalue weighted by Gasteiger charge is 2.37. The number of ether oxygens (including phenoxy) is 1. The first-order chi connectivity index (χ1) is 15.0. The molecule has 8 heteroatoms. The summed E-state index contributed by atoms with van der Waals surface area (Å²) in [6.07, 6.45) is 3.71. The van der Waals surface area contributed by atoms with Crippen molar-refractivity contribution in [2.75, 3.05) is 40.3 Å². The SMILES string of the molecule is COc1ccc(CS[C@@H]2CN[C@H](C(=O)N3CC[C@H](NC(=O)[C@H]4CCCN4C)C3)C2)cc1. The summed E-state index contributed by atoms with van der Waals surface area (Å²) in [6, 6.07) is 8.13. The highest BCUT2D eigenvalue weighted by molar-refractivity contribution is 7.99. The van der Waals surface area contributed by atoms with Gasteiger partial charge in [-0.3, -0.25) is 14.5 Å². The van der Waals surface area contributed by atoms with E-state index in [1.54, 1.807) is 7.11 Å². The fourth-order valence-electron chi connectivity index (χ4n) is 4.79. The number of likely N-dealkylation sites (tertiary alicyclic amines) is 2. The molecule has 4 atom stereocenters. The van der Waals surface area contributed by atoms with Gasteiger partial charge in [-0.15, -0.1) is 0 Å². The standard InChI is InChI=1S/C23H34N4O3S/c1-26-10-3-4-21(26)22(28)25-17-9-11-27(14-17)23(29)20-12-19(13-24-20)31-15-16-5-7-18(30-2)8-6-16/h5-8,17,19-21,24H,3-4,9-15H2,1-2H3,(H,25,28)/t17-,19-,20-,21+/m0/s1. The van der Waals surface area contributed by atoms with Crippen molar-refractivity contribution >= 4 is 23.6 Å². The van der Waals surface area contributed by atoms with Crippen molar-refractivity contribution in [1.29, 1.82) is 0 Å². The van der Waals surface area contributed by atoms with Crippen LogP contribution in [0.2, 0.25) is 0 Å². The smallest absolute Gasteiger partial charge is 0.239 e. The Balaban J connectivity index is 1.20. The van der Waals surface area contributed by atoms with Crippen LogP contribution in [-0.4, -0.2) is 85.3 Å². The number of carbonyl (C=O) groups excluding carboxylic acids is 2. The Morgan fingerprint density at radius 2 is 2.03 bits per heavy atom. The second kappa shape index (κ2) is 10.2. The van der Waals surface area contributed by atoms with Gasteiger partial charge in [-0.05, 0) is 57.0 Å². The van der Waals surface area contributed by atoms with Crippen molar-refractivity contribution in [3.05, 3.63) is 29.8 Å². The number of nitrogens with zero attached hydrogens (tertiary/aromatic N) is 2. The van der Waals surface area contributed by atoms with E-state index < -0.39 is 0 Å². The maximum Gasteiger partial charge on any atom is 0.239 e. The van der Waals surface area contributed by atoms with Crippen LogP contribution < -0.4 is 15.4 Å². The van der Waals surface area contributed by atoms with Gasteiger partial charge in [0.05, 0.1) is 19.2 Å². The molecule has 3 aliphatic heterocycles. The maximum atomic E-state index is 13.0. The van der Waals surface area contributed by atoms with Gasteiger partial charge in [0.15, 0.2) is 0 Å². The van der Waals surface area contributed by atoms with E-state index in [4.69, 9.17) is 4.74 Å². The predicted octanol–water partition coefficient (Wildman–Crippen LogP) is 1.47. The highest BCUT2D eigenvalue weighted by atomic mass is 32.2. The molecule has 0 radical (unpaired) electrons. The average molecular weight is 447 g/mol.